The number of nitrogens with zero attached hydrogens (tertiary/aromatic N) is 1. The summed E-state index contributed by atoms with van der Waals surface area (Å²) in [5, 5.41) is 2.05. The number of hydrogen-bond donors (Lipinski definition) is 2. The first kappa shape index (κ1) is 13.0. The van der Waals surface area contributed by atoms with Crippen LogP contribution in [0.15, 0.2) is 35.7 Å². The van der Waals surface area contributed by atoms with Gasteiger partial charge in [0.15, 0.2) is 0 Å². The molecule has 0 aliphatic carbocycles. The van der Waals surface area contributed by atoms with Gasteiger partial charge in [-0.2, -0.15) is 0 Å². The van der Waals surface area contributed by atoms with Crippen LogP contribution in [-0.2, 0) is 0 Å². The molecule has 1 atom stereocenters. The molecule has 2 heterocycles. The van der Waals surface area contributed by atoms with Crippen molar-refractivity contribution in [2.45, 2.75) is 18.9 Å². The van der Waals surface area contributed by atoms with Crippen LogP contribution in [0.3, 0.4) is 0 Å². The zero-order valence-corrected chi connectivity index (χ0v) is 11.9. The molecule has 3 rings (SSSR count). The van der Waals surface area contributed by atoms with Gasteiger partial charge in [0, 0.05) is 22.8 Å². The molecule has 4 nitrogen and oxygen atoms in total. The predicted octanol–water partition coefficient (Wildman–Crippen LogP) is 2.89. The third kappa shape index (κ3) is 2.25. The highest BCUT2D eigenvalue weighted by atomic mass is 32.1. The highest BCUT2D eigenvalue weighted by Gasteiger charge is 2.31. The molecular formula is C15H17N3OS. The summed E-state index contributed by atoms with van der Waals surface area (Å²) in [5.74, 6) is -0.00148. The van der Waals surface area contributed by atoms with Gasteiger partial charge >= 0.3 is 0 Å². The van der Waals surface area contributed by atoms with E-state index in [1.165, 1.54) is 4.88 Å². The Morgan fingerprint density at radius 1 is 1.30 bits per heavy atom. The molecule has 1 aliphatic rings. The number of likely N-dealkylation sites (tertiary alicyclic amines) is 1. The number of benzene rings is 1. The smallest absolute Gasteiger partial charge is 0.256 e. The fourth-order valence-corrected chi connectivity index (χ4v) is 3.59. The quantitative estimate of drug-likeness (QED) is 0.834. The van der Waals surface area contributed by atoms with Crippen LogP contribution in [-0.4, -0.2) is 17.4 Å². The maximum atomic E-state index is 12.7. The third-order valence-corrected chi connectivity index (χ3v) is 4.66. The number of carbonyl (C=O) groups excluding carboxylic acids is 1. The zero-order chi connectivity index (χ0) is 14.1. The van der Waals surface area contributed by atoms with Crippen molar-refractivity contribution in [2.75, 3.05) is 18.0 Å². The van der Waals surface area contributed by atoms with Gasteiger partial charge in [0.2, 0.25) is 0 Å². The van der Waals surface area contributed by atoms with Gasteiger partial charge in [0.25, 0.3) is 5.91 Å². The number of nitrogens with two attached hydrogens (primary N) is 2. The van der Waals surface area contributed by atoms with E-state index in [-0.39, 0.29) is 11.9 Å². The van der Waals surface area contributed by atoms with Gasteiger partial charge < -0.3 is 16.4 Å². The summed E-state index contributed by atoms with van der Waals surface area (Å²) >= 11 is 1.70. The Bertz CT molecular complexity index is 624. The van der Waals surface area contributed by atoms with Crippen molar-refractivity contribution >= 4 is 28.6 Å². The van der Waals surface area contributed by atoms with Crippen LogP contribution >= 0.6 is 11.3 Å². The number of hydrogen-bond acceptors (Lipinski definition) is 4. The molecule has 104 valence electrons. The van der Waals surface area contributed by atoms with E-state index in [4.69, 9.17) is 11.5 Å². The maximum absolute atomic E-state index is 12.7. The first-order chi connectivity index (χ1) is 9.66. The van der Waals surface area contributed by atoms with Gasteiger partial charge in [-0.25, -0.2) is 0 Å². The Labute approximate surface area is 122 Å². The van der Waals surface area contributed by atoms with Crippen LogP contribution in [0.5, 0.6) is 0 Å². The Kier molecular flexibility index (Phi) is 3.36. The van der Waals surface area contributed by atoms with E-state index in [9.17, 15) is 4.79 Å². The van der Waals surface area contributed by atoms with Crippen molar-refractivity contribution in [2.24, 2.45) is 0 Å². The zero-order valence-electron chi connectivity index (χ0n) is 11.1. The first-order valence-electron chi connectivity index (χ1n) is 6.66. The van der Waals surface area contributed by atoms with Crippen molar-refractivity contribution in [3.8, 4) is 0 Å². The molecule has 1 amide bonds. The van der Waals surface area contributed by atoms with E-state index in [0.29, 0.717) is 16.9 Å². The number of anilines is 2. The summed E-state index contributed by atoms with van der Waals surface area (Å²) in [6.45, 7) is 0.783. The van der Waals surface area contributed by atoms with E-state index in [2.05, 4.69) is 6.07 Å². The second-order valence-electron chi connectivity index (χ2n) is 5.02. The highest BCUT2D eigenvalue weighted by molar-refractivity contribution is 7.10. The SMILES string of the molecule is Nc1ccc(C(=O)N2CCCC2c2cccs2)c(N)c1. The Balaban J connectivity index is 1.89. The molecule has 1 unspecified atom stereocenters. The molecule has 5 heteroatoms. The summed E-state index contributed by atoms with van der Waals surface area (Å²) in [6.07, 6.45) is 2.05. The van der Waals surface area contributed by atoms with Gasteiger partial charge in [0.1, 0.15) is 0 Å². The number of nitrogen functional groups attached to an aromatic ring is 2. The lowest BCUT2D eigenvalue weighted by Gasteiger charge is -2.24. The molecule has 1 fully saturated rings. The van der Waals surface area contributed by atoms with Crippen LogP contribution in [0.1, 0.15) is 34.1 Å². The fraction of sp³-hybridized carbons (Fsp3) is 0.267. The monoisotopic (exact) mass is 287 g/mol. The second kappa shape index (κ2) is 5.17. The lowest BCUT2D eigenvalue weighted by atomic mass is 10.1. The topological polar surface area (TPSA) is 72.4 Å². The molecule has 20 heavy (non-hydrogen) atoms. The van der Waals surface area contributed by atoms with Crippen LogP contribution < -0.4 is 11.5 Å². The lowest BCUT2D eigenvalue weighted by Crippen LogP contribution is -2.30. The third-order valence-electron chi connectivity index (χ3n) is 3.69. The first-order valence-corrected chi connectivity index (χ1v) is 7.54. The average Bonchev–Trinajstić information content (AvgIpc) is 3.09. The highest BCUT2D eigenvalue weighted by Crippen LogP contribution is 2.36. The largest absolute Gasteiger partial charge is 0.399 e. The molecule has 1 aromatic carbocycles. The molecule has 4 N–H and O–H groups in total. The van der Waals surface area contributed by atoms with Crippen molar-refractivity contribution in [1.29, 1.82) is 0 Å². The van der Waals surface area contributed by atoms with Crippen molar-refractivity contribution in [1.82, 2.24) is 4.90 Å². The van der Waals surface area contributed by atoms with Crippen LogP contribution in [0, 0.1) is 0 Å². The van der Waals surface area contributed by atoms with E-state index in [1.807, 2.05) is 16.3 Å². The van der Waals surface area contributed by atoms with Crippen LogP contribution in [0.4, 0.5) is 11.4 Å². The van der Waals surface area contributed by atoms with Crippen LogP contribution in [0.25, 0.3) is 0 Å². The van der Waals surface area contributed by atoms with Gasteiger partial charge in [0.05, 0.1) is 11.6 Å². The van der Waals surface area contributed by atoms with Crippen molar-refractivity contribution in [3.63, 3.8) is 0 Å². The summed E-state index contributed by atoms with van der Waals surface area (Å²) in [4.78, 5) is 15.9. The summed E-state index contributed by atoms with van der Waals surface area (Å²) in [6, 6.07) is 9.38. The standard InChI is InChI=1S/C15H17N3OS/c16-10-5-6-11(12(17)9-10)15(19)18-7-1-3-13(18)14-4-2-8-20-14/h2,4-6,8-9,13H,1,3,7,16-17H2. The number of carbonyl (C=O) groups is 1. The summed E-state index contributed by atoms with van der Waals surface area (Å²) in [5.41, 5.74) is 13.2. The van der Waals surface area contributed by atoms with Gasteiger partial charge in [-0.15, -0.1) is 11.3 Å². The summed E-state index contributed by atoms with van der Waals surface area (Å²) in [7, 11) is 0. The number of amides is 1. The number of thiophene rings is 1. The molecule has 1 aromatic heterocycles. The predicted molar refractivity (Wildman–Crippen MR) is 82.6 cm³/mol. The van der Waals surface area contributed by atoms with E-state index in [1.54, 1.807) is 29.5 Å². The minimum absolute atomic E-state index is 0.00148. The molecule has 0 saturated carbocycles. The average molecular weight is 287 g/mol. The molecular weight excluding hydrogens is 270 g/mol. The Hall–Kier alpha value is -2.01. The van der Waals surface area contributed by atoms with Gasteiger partial charge in [-0.1, -0.05) is 6.07 Å². The molecule has 2 aromatic rings. The van der Waals surface area contributed by atoms with Gasteiger partial charge in [-0.05, 0) is 42.5 Å². The van der Waals surface area contributed by atoms with Crippen LogP contribution in [0.2, 0.25) is 0 Å². The molecule has 1 saturated heterocycles. The Morgan fingerprint density at radius 2 is 2.15 bits per heavy atom. The number of rotatable bonds is 2. The lowest BCUT2D eigenvalue weighted by molar-refractivity contribution is 0.0739. The van der Waals surface area contributed by atoms with Crippen molar-refractivity contribution < 1.29 is 4.79 Å². The molecule has 1 aliphatic heterocycles. The van der Waals surface area contributed by atoms with Gasteiger partial charge in [-0.3, -0.25) is 4.79 Å². The molecule has 0 radical (unpaired) electrons. The van der Waals surface area contributed by atoms with E-state index in [0.717, 1.165) is 19.4 Å². The normalized spacial score (nSPS) is 18.4. The Morgan fingerprint density at radius 3 is 2.85 bits per heavy atom. The fourth-order valence-electron chi connectivity index (χ4n) is 2.72. The molecule has 0 bridgehead atoms. The molecule has 0 spiro atoms. The van der Waals surface area contributed by atoms with E-state index < -0.39 is 0 Å². The van der Waals surface area contributed by atoms with E-state index >= 15 is 0 Å². The minimum Gasteiger partial charge on any atom is -0.399 e. The maximum Gasteiger partial charge on any atom is 0.256 e. The minimum atomic E-state index is -0.00148. The second-order valence-corrected chi connectivity index (χ2v) is 6.00. The summed E-state index contributed by atoms with van der Waals surface area (Å²) < 4.78 is 0. The van der Waals surface area contributed by atoms with Crippen molar-refractivity contribution in [3.05, 3.63) is 46.2 Å².